The van der Waals surface area contributed by atoms with Crippen molar-refractivity contribution in [3.63, 3.8) is 0 Å². The second kappa shape index (κ2) is 8.51. The molecule has 0 spiro atoms. The molecule has 0 aromatic heterocycles. The second-order valence-electron chi connectivity index (χ2n) is 5.97. The number of amides is 4. The largest absolute Gasteiger partial charge is 0.545 e. The Morgan fingerprint density at radius 1 is 1.20 bits per heavy atom. The third kappa shape index (κ3) is 4.16. The molecule has 0 unspecified atom stereocenters. The fraction of sp³-hybridized carbons (Fsp3) is 0.0476. The van der Waals surface area contributed by atoms with E-state index in [1.165, 1.54) is 42.5 Å². The Labute approximate surface area is 175 Å². The van der Waals surface area contributed by atoms with Crippen molar-refractivity contribution in [2.45, 2.75) is 0 Å². The van der Waals surface area contributed by atoms with Gasteiger partial charge >= 0.3 is 6.03 Å². The number of nitrogens with one attached hydrogen (secondary N) is 1. The lowest BCUT2D eigenvalue weighted by molar-refractivity contribution is -0.255. The van der Waals surface area contributed by atoms with E-state index >= 15 is 0 Å². The number of terminal acetylenes is 1. The number of hydrogen-bond donors (Lipinski definition) is 1. The van der Waals surface area contributed by atoms with E-state index in [0.29, 0.717) is 15.5 Å². The summed E-state index contributed by atoms with van der Waals surface area (Å²) in [6, 6.07) is 8.41. The summed E-state index contributed by atoms with van der Waals surface area (Å²) < 4.78 is 5.40. The van der Waals surface area contributed by atoms with Gasteiger partial charge in [0.2, 0.25) is 0 Å². The van der Waals surface area contributed by atoms with E-state index in [9.17, 15) is 24.3 Å². The molecule has 30 heavy (non-hydrogen) atoms. The molecule has 1 fully saturated rings. The highest BCUT2D eigenvalue weighted by Gasteiger charge is 2.37. The first kappa shape index (κ1) is 20.6. The van der Waals surface area contributed by atoms with Gasteiger partial charge in [0, 0.05) is 10.6 Å². The van der Waals surface area contributed by atoms with Gasteiger partial charge in [0.05, 0.1) is 11.7 Å². The van der Waals surface area contributed by atoms with Crippen LogP contribution in [0, 0.1) is 12.3 Å². The van der Waals surface area contributed by atoms with Crippen LogP contribution < -0.4 is 20.1 Å². The van der Waals surface area contributed by atoms with Crippen LogP contribution in [0.5, 0.6) is 5.75 Å². The van der Waals surface area contributed by atoms with Crippen molar-refractivity contribution < 1.29 is 29.0 Å². The Kier molecular flexibility index (Phi) is 5.85. The maximum Gasteiger partial charge on any atom is 0.335 e. The Hall–Kier alpha value is -4.09. The molecule has 1 aliphatic rings. The van der Waals surface area contributed by atoms with Gasteiger partial charge in [-0.05, 0) is 42.0 Å². The fourth-order valence-electron chi connectivity index (χ4n) is 2.68. The molecule has 150 valence electrons. The third-order valence-electron chi connectivity index (χ3n) is 4.05. The topological polar surface area (TPSA) is 116 Å². The molecule has 4 amide bonds. The first-order valence-electron chi connectivity index (χ1n) is 8.40. The zero-order valence-corrected chi connectivity index (χ0v) is 15.9. The van der Waals surface area contributed by atoms with Gasteiger partial charge in [-0.15, -0.1) is 6.42 Å². The van der Waals surface area contributed by atoms with Gasteiger partial charge in [-0.3, -0.25) is 14.9 Å². The number of carbonyl (C=O) groups is 4. The average Bonchev–Trinajstić information content (AvgIpc) is 2.70. The molecule has 0 radical (unpaired) electrons. The molecule has 1 N–H and O–H groups in total. The van der Waals surface area contributed by atoms with E-state index in [4.69, 9.17) is 22.8 Å². The highest BCUT2D eigenvalue weighted by atomic mass is 35.5. The first-order chi connectivity index (χ1) is 14.3. The molecular formula is C21H12ClN2O6-. The SMILES string of the molecule is C#CCOc1ccc(Cl)cc1/C=C1\C(=O)NC(=O)N(c2ccc(C(=O)[O-])cc2)C1=O. The highest BCUT2D eigenvalue weighted by molar-refractivity contribution is 6.39. The molecule has 9 heteroatoms. The number of carbonyl (C=O) groups excluding carboxylic acids is 4. The Balaban J connectivity index is 2.02. The Morgan fingerprint density at radius 3 is 2.53 bits per heavy atom. The van der Waals surface area contributed by atoms with Crippen LogP contribution >= 0.6 is 11.6 Å². The van der Waals surface area contributed by atoms with E-state index in [2.05, 4.69) is 11.2 Å². The number of halogens is 1. The zero-order chi connectivity index (χ0) is 21.8. The van der Waals surface area contributed by atoms with E-state index < -0.39 is 23.8 Å². The lowest BCUT2D eigenvalue weighted by atomic mass is 10.1. The van der Waals surface area contributed by atoms with Gasteiger partial charge < -0.3 is 14.6 Å². The smallest absolute Gasteiger partial charge is 0.335 e. The van der Waals surface area contributed by atoms with Gasteiger partial charge in [-0.1, -0.05) is 29.7 Å². The molecule has 0 aliphatic carbocycles. The quantitative estimate of drug-likeness (QED) is 0.441. The van der Waals surface area contributed by atoms with E-state index in [1.54, 1.807) is 6.07 Å². The number of imide groups is 2. The summed E-state index contributed by atoms with van der Waals surface area (Å²) in [5, 5.41) is 13.3. The van der Waals surface area contributed by atoms with Gasteiger partial charge in [0.15, 0.2) is 0 Å². The van der Waals surface area contributed by atoms with Crippen LogP contribution in [0.3, 0.4) is 0 Å². The van der Waals surface area contributed by atoms with Gasteiger partial charge in [-0.2, -0.15) is 0 Å². The highest BCUT2D eigenvalue weighted by Crippen LogP contribution is 2.28. The molecule has 0 atom stereocenters. The molecule has 1 heterocycles. The molecule has 0 bridgehead atoms. The molecule has 3 rings (SSSR count). The molecule has 1 saturated heterocycles. The van der Waals surface area contributed by atoms with Crippen LogP contribution in [0.2, 0.25) is 5.02 Å². The minimum Gasteiger partial charge on any atom is -0.545 e. The number of nitrogens with zero attached hydrogens (tertiary/aromatic N) is 1. The van der Waals surface area contributed by atoms with Crippen molar-refractivity contribution in [2.75, 3.05) is 11.5 Å². The van der Waals surface area contributed by atoms with Crippen LogP contribution in [-0.4, -0.2) is 30.4 Å². The van der Waals surface area contributed by atoms with Crippen LogP contribution in [0.25, 0.3) is 6.08 Å². The van der Waals surface area contributed by atoms with Gasteiger partial charge in [0.25, 0.3) is 11.8 Å². The molecule has 0 saturated carbocycles. The summed E-state index contributed by atoms with van der Waals surface area (Å²) in [5.74, 6) is -0.637. The van der Waals surface area contributed by atoms with Crippen LogP contribution in [0.4, 0.5) is 10.5 Å². The van der Waals surface area contributed by atoms with Crippen molar-refractivity contribution in [3.8, 4) is 18.1 Å². The summed E-state index contributed by atoms with van der Waals surface area (Å²) >= 11 is 6.00. The maximum absolute atomic E-state index is 12.9. The van der Waals surface area contributed by atoms with E-state index in [1.807, 2.05) is 0 Å². The van der Waals surface area contributed by atoms with Crippen molar-refractivity contribution in [1.29, 1.82) is 0 Å². The Morgan fingerprint density at radius 2 is 1.90 bits per heavy atom. The number of rotatable bonds is 5. The monoisotopic (exact) mass is 423 g/mol. The minimum absolute atomic E-state index is 0.0483. The standard InChI is InChI=1S/C21H13ClN2O6/c1-2-9-30-17-8-5-14(22)10-13(17)11-16-18(25)23-21(29)24(19(16)26)15-6-3-12(4-7-15)20(27)28/h1,3-8,10-11H,9H2,(H,27,28)(H,23,25,29)/p-1/b16-11+. The lowest BCUT2D eigenvalue weighted by Gasteiger charge is -2.26. The van der Waals surface area contributed by atoms with Crippen LogP contribution in [0.15, 0.2) is 48.0 Å². The first-order valence-corrected chi connectivity index (χ1v) is 8.78. The molecule has 2 aromatic carbocycles. The number of benzene rings is 2. The Bertz CT molecular complexity index is 1130. The normalized spacial score (nSPS) is 15.0. The average molecular weight is 424 g/mol. The number of aromatic carboxylic acids is 1. The summed E-state index contributed by atoms with van der Waals surface area (Å²) in [6.45, 7) is -0.0483. The fourth-order valence-corrected chi connectivity index (χ4v) is 2.86. The summed E-state index contributed by atoms with van der Waals surface area (Å²) in [4.78, 5) is 49.1. The molecule has 2 aromatic rings. The number of ether oxygens (including phenoxy) is 1. The number of barbiturate groups is 1. The number of carboxylic acids is 1. The van der Waals surface area contributed by atoms with Crippen LogP contribution in [0.1, 0.15) is 15.9 Å². The zero-order valence-electron chi connectivity index (χ0n) is 15.2. The molecule has 1 aliphatic heterocycles. The summed E-state index contributed by atoms with van der Waals surface area (Å²) in [7, 11) is 0. The minimum atomic E-state index is -1.41. The van der Waals surface area contributed by atoms with E-state index in [0.717, 1.165) is 0 Å². The van der Waals surface area contributed by atoms with Crippen molar-refractivity contribution in [1.82, 2.24) is 5.32 Å². The second-order valence-corrected chi connectivity index (χ2v) is 6.40. The van der Waals surface area contributed by atoms with Crippen molar-refractivity contribution in [3.05, 3.63) is 64.2 Å². The number of anilines is 1. The molecular weight excluding hydrogens is 412 g/mol. The number of carboxylic acid groups (broad SMARTS) is 1. The van der Waals surface area contributed by atoms with Crippen molar-refractivity contribution >= 4 is 47.2 Å². The summed E-state index contributed by atoms with van der Waals surface area (Å²) in [5.41, 5.74) is -0.121. The summed E-state index contributed by atoms with van der Waals surface area (Å²) in [6.07, 6.45) is 6.42. The van der Waals surface area contributed by atoms with Crippen LogP contribution in [-0.2, 0) is 9.59 Å². The predicted molar refractivity (Wildman–Crippen MR) is 106 cm³/mol. The number of urea groups is 1. The molecule has 8 nitrogen and oxygen atoms in total. The third-order valence-corrected chi connectivity index (χ3v) is 4.28. The van der Waals surface area contributed by atoms with Crippen molar-refractivity contribution in [2.24, 2.45) is 0 Å². The number of hydrogen-bond acceptors (Lipinski definition) is 6. The van der Waals surface area contributed by atoms with Gasteiger partial charge in [0.1, 0.15) is 17.9 Å². The predicted octanol–water partition coefficient (Wildman–Crippen LogP) is 1.38. The van der Waals surface area contributed by atoms with Gasteiger partial charge in [-0.25, -0.2) is 9.69 Å². The van der Waals surface area contributed by atoms with E-state index in [-0.39, 0.29) is 29.2 Å². The lowest BCUT2D eigenvalue weighted by Crippen LogP contribution is -2.54. The maximum atomic E-state index is 12.9.